The van der Waals surface area contributed by atoms with Gasteiger partial charge in [0.15, 0.2) is 0 Å². The van der Waals surface area contributed by atoms with E-state index in [0.717, 1.165) is 18.6 Å². The summed E-state index contributed by atoms with van der Waals surface area (Å²) < 4.78 is 12.5. The van der Waals surface area contributed by atoms with Crippen LogP contribution in [0.2, 0.25) is 0 Å². The highest BCUT2D eigenvalue weighted by molar-refractivity contribution is 5.47. The summed E-state index contributed by atoms with van der Waals surface area (Å²) in [6, 6.07) is 27.9. The third-order valence-corrected chi connectivity index (χ3v) is 9.33. The fourth-order valence-corrected chi connectivity index (χ4v) is 6.88. The molecule has 4 heteroatoms. The van der Waals surface area contributed by atoms with E-state index in [0.29, 0.717) is 6.42 Å². The number of benzene rings is 3. The maximum Gasteiger partial charge on any atom is 0.210 e. The Hall–Kier alpha value is -2.66. The van der Waals surface area contributed by atoms with Crippen LogP contribution in [0.25, 0.3) is 0 Å². The summed E-state index contributed by atoms with van der Waals surface area (Å²) in [5.74, 6) is -0.177. The Bertz CT molecular complexity index is 1170. The molecule has 0 amide bonds. The van der Waals surface area contributed by atoms with Gasteiger partial charge in [0.2, 0.25) is 5.79 Å². The van der Waals surface area contributed by atoms with Crippen molar-refractivity contribution >= 4 is 0 Å². The van der Waals surface area contributed by atoms with Crippen molar-refractivity contribution < 1.29 is 19.7 Å². The van der Waals surface area contributed by atoms with Crippen molar-refractivity contribution in [2.75, 3.05) is 6.61 Å². The molecule has 0 radical (unpaired) electrons. The largest absolute Gasteiger partial charge is 0.463 e. The molecule has 1 heterocycles. The zero-order valence-corrected chi connectivity index (χ0v) is 28.0. The number of aliphatic hydroxyl groups excluding tert-OH is 2. The lowest BCUT2D eigenvalue weighted by atomic mass is 9.84. The third-order valence-electron chi connectivity index (χ3n) is 9.33. The molecular formula is C41H58O4. The molecule has 3 atom stereocenters. The highest BCUT2D eigenvalue weighted by Gasteiger charge is 2.44. The second-order valence-corrected chi connectivity index (χ2v) is 13.4. The van der Waals surface area contributed by atoms with Gasteiger partial charge < -0.3 is 19.7 Å². The van der Waals surface area contributed by atoms with E-state index in [1.165, 1.54) is 106 Å². The van der Waals surface area contributed by atoms with Crippen molar-refractivity contribution in [2.24, 2.45) is 0 Å². The zero-order valence-electron chi connectivity index (χ0n) is 28.0. The highest BCUT2D eigenvalue weighted by Crippen LogP contribution is 2.38. The van der Waals surface area contributed by atoms with E-state index in [1.54, 1.807) is 0 Å². The maximum atomic E-state index is 10.4. The van der Waals surface area contributed by atoms with Gasteiger partial charge in [0, 0.05) is 19.3 Å². The summed E-state index contributed by atoms with van der Waals surface area (Å²) in [5, 5.41) is 20.1. The number of ether oxygens (including phenoxy) is 2. The molecule has 4 nitrogen and oxygen atoms in total. The van der Waals surface area contributed by atoms with Gasteiger partial charge in [0.05, 0.1) is 12.7 Å². The molecule has 3 aromatic rings. The van der Waals surface area contributed by atoms with Gasteiger partial charge in [-0.1, -0.05) is 157 Å². The number of unbranched alkanes of at least 4 members (excludes halogenated alkanes) is 13. The highest BCUT2D eigenvalue weighted by atomic mass is 16.7. The molecule has 0 spiro atoms. The first kappa shape index (κ1) is 35.2. The standard InChI is InChI=1S/C41H58O4/c1-3-4-5-6-7-8-9-10-11-12-13-14-15-18-23-33-28-36(30-37(29-33)44-41(2)31-38(43)39(32-42)45-41)40(34-24-19-16-20-25-34)35-26-21-17-22-27-35/h16-17,19-22,24-30,38-40,42-43H,3-15,18,23,31-32H2,1-2H3/t38-,39+,41?/m0/s1. The van der Waals surface area contributed by atoms with Gasteiger partial charge in [-0.15, -0.1) is 0 Å². The zero-order chi connectivity index (χ0) is 31.7. The number of aryl methyl sites for hydroxylation is 1. The average molecular weight is 615 g/mol. The van der Waals surface area contributed by atoms with E-state index < -0.39 is 18.0 Å². The molecule has 0 aromatic heterocycles. The maximum absolute atomic E-state index is 10.4. The van der Waals surface area contributed by atoms with Crippen LogP contribution in [0, 0.1) is 0 Å². The SMILES string of the molecule is CCCCCCCCCCCCCCCCc1cc(OC2(C)C[C@H](O)[C@@H](CO)O2)cc(C(c2ccccc2)c2ccccc2)c1. The van der Waals surface area contributed by atoms with Gasteiger partial charge >= 0.3 is 0 Å². The van der Waals surface area contributed by atoms with Crippen LogP contribution in [0.15, 0.2) is 78.9 Å². The quantitative estimate of drug-likeness (QED) is 0.0926. The molecule has 3 aromatic carbocycles. The Labute approximate surface area is 273 Å². The number of aliphatic hydroxyl groups is 2. The fraction of sp³-hybridized carbons (Fsp3) is 0.561. The summed E-state index contributed by atoms with van der Waals surface area (Å²) in [4.78, 5) is 0. The Kier molecular flexibility index (Phi) is 14.9. The molecule has 246 valence electrons. The molecule has 1 unspecified atom stereocenters. The third kappa shape index (κ3) is 11.6. The summed E-state index contributed by atoms with van der Waals surface area (Å²) in [6.07, 6.45) is 18.9. The van der Waals surface area contributed by atoms with Gasteiger partial charge in [-0.05, 0) is 47.2 Å². The summed E-state index contributed by atoms with van der Waals surface area (Å²) in [6.45, 7) is 3.92. The van der Waals surface area contributed by atoms with Crippen molar-refractivity contribution in [3.63, 3.8) is 0 Å². The molecule has 0 aliphatic carbocycles. The molecule has 1 saturated heterocycles. The fourth-order valence-electron chi connectivity index (χ4n) is 6.88. The molecule has 1 aliphatic heterocycles. The van der Waals surface area contributed by atoms with Gasteiger partial charge in [0.25, 0.3) is 0 Å². The first-order valence-electron chi connectivity index (χ1n) is 17.9. The van der Waals surface area contributed by atoms with Crippen molar-refractivity contribution in [3.8, 4) is 5.75 Å². The van der Waals surface area contributed by atoms with E-state index in [-0.39, 0.29) is 12.5 Å². The molecule has 2 N–H and O–H groups in total. The smallest absolute Gasteiger partial charge is 0.210 e. The van der Waals surface area contributed by atoms with Crippen LogP contribution in [0.3, 0.4) is 0 Å². The van der Waals surface area contributed by atoms with Gasteiger partial charge in [-0.2, -0.15) is 0 Å². The normalized spacial score (nSPS) is 19.8. The minimum atomic E-state index is -0.993. The van der Waals surface area contributed by atoms with Crippen LogP contribution in [0.1, 0.15) is 138 Å². The number of rotatable bonds is 21. The van der Waals surface area contributed by atoms with Crippen molar-refractivity contribution in [1.82, 2.24) is 0 Å². The minimum Gasteiger partial charge on any atom is -0.463 e. The first-order valence-corrected chi connectivity index (χ1v) is 17.9. The summed E-state index contributed by atoms with van der Waals surface area (Å²) in [5.41, 5.74) is 4.93. The van der Waals surface area contributed by atoms with E-state index in [9.17, 15) is 10.2 Å². The second-order valence-electron chi connectivity index (χ2n) is 13.4. The molecule has 4 rings (SSSR count). The van der Waals surface area contributed by atoms with E-state index >= 15 is 0 Å². The predicted molar refractivity (Wildman–Crippen MR) is 186 cm³/mol. The van der Waals surface area contributed by atoms with Crippen molar-refractivity contribution in [1.29, 1.82) is 0 Å². The van der Waals surface area contributed by atoms with E-state index in [1.807, 2.05) is 6.92 Å². The van der Waals surface area contributed by atoms with Crippen LogP contribution in [0.5, 0.6) is 5.75 Å². The van der Waals surface area contributed by atoms with Crippen molar-refractivity contribution in [3.05, 3.63) is 101 Å². The lowest BCUT2D eigenvalue weighted by molar-refractivity contribution is -0.167. The lowest BCUT2D eigenvalue weighted by Crippen LogP contribution is -2.33. The number of hydrogen-bond donors (Lipinski definition) is 2. The topological polar surface area (TPSA) is 58.9 Å². The van der Waals surface area contributed by atoms with Crippen LogP contribution in [-0.4, -0.2) is 34.8 Å². The predicted octanol–water partition coefficient (Wildman–Crippen LogP) is 10.1. The number of hydrogen-bond acceptors (Lipinski definition) is 4. The average Bonchev–Trinajstić information content (AvgIpc) is 3.34. The van der Waals surface area contributed by atoms with Crippen LogP contribution in [-0.2, 0) is 11.2 Å². The van der Waals surface area contributed by atoms with Crippen LogP contribution >= 0.6 is 0 Å². The second kappa shape index (κ2) is 19.1. The molecule has 0 bridgehead atoms. The molecule has 0 saturated carbocycles. The van der Waals surface area contributed by atoms with Crippen LogP contribution in [0.4, 0.5) is 0 Å². The first-order chi connectivity index (χ1) is 22.0. The van der Waals surface area contributed by atoms with Crippen LogP contribution < -0.4 is 4.74 Å². The van der Waals surface area contributed by atoms with E-state index in [4.69, 9.17) is 9.47 Å². The lowest BCUT2D eigenvalue weighted by Gasteiger charge is -2.27. The molecule has 1 aliphatic rings. The molecule has 45 heavy (non-hydrogen) atoms. The summed E-state index contributed by atoms with van der Waals surface area (Å²) >= 11 is 0. The monoisotopic (exact) mass is 614 g/mol. The Balaban J connectivity index is 1.37. The Morgan fingerprint density at radius 1 is 0.711 bits per heavy atom. The van der Waals surface area contributed by atoms with Gasteiger partial charge in [-0.3, -0.25) is 0 Å². The molecule has 1 fully saturated rings. The van der Waals surface area contributed by atoms with E-state index in [2.05, 4.69) is 85.8 Å². The van der Waals surface area contributed by atoms with Gasteiger partial charge in [-0.25, -0.2) is 0 Å². The van der Waals surface area contributed by atoms with Crippen molar-refractivity contribution in [2.45, 2.75) is 140 Å². The Morgan fingerprint density at radius 3 is 1.71 bits per heavy atom. The van der Waals surface area contributed by atoms with Gasteiger partial charge in [0.1, 0.15) is 11.9 Å². The molecular weight excluding hydrogens is 556 g/mol. The minimum absolute atomic E-state index is 0.0686. The Morgan fingerprint density at radius 2 is 1.22 bits per heavy atom. The summed E-state index contributed by atoms with van der Waals surface area (Å²) in [7, 11) is 0.